The van der Waals surface area contributed by atoms with Gasteiger partial charge < -0.3 is 29.5 Å². The number of carbonyl (C=O) groups excluding carboxylic acids is 2. The maximum absolute atomic E-state index is 13.2. The summed E-state index contributed by atoms with van der Waals surface area (Å²) in [5.74, 6) is -0.829. The van der Waals surface area contributed by atoms with Crippen molar-refractivity contribution in [2.45, 2.75) is 26.8 Å². The second-order valence-electron chi connectivity index (χ2n) is 8.32. The number of quaternary nitrogens is 1. The van der Waals surface area contributed by atoms with Gasteiger partial charge >= 0.3 is 0 Å². The van der Waals surface area contributed by atoms with Crippen LogP contribution < -0.4 is 14.4 Å². The van der Waals surface area contributed by atoms with Crippen LogP contribution in [0.1, 0.15) is 36.6 Å². The largest absolute Gasteiger partial charge is 0.507 e. The molecule has 1 aliphatic heterocycles. The Hall–Kier alpha value is -3.52. The van der Waals surface area contributed by atoms with Crippen molar-refractivity contribution in [3.8, 4) is 17.2 Å². The van der Waals surface area contributed by atoms with E-state index in [0.29, 0.717) is 30.0 Å². The normalized spacial score (nSPS) is 17.5. The molecule has 3 N–H and O–H groups in total. The molecule has 0 bridgehead atoms. The number of Topliss-reactive ketones (excluding diaryl/α,β-unsaturated/α-hetero) is 1. The Morgan fingerprint density at radius 3 is 2.29 bits per heavy atom. The smallest absolute Gasteiger partial charge is 0.295 e. The number of nitrogens with zero attached hydrogens (tertiary/aromatic N) is 1. The number of carbonyl (C=O) groups is 2. The summed E-state index contributed by atoms with van der Waals surface area (Å²) in [6.07, 6.45) is 0. The number of likely N-dealkylation sites (N-methyl/N-ethyl adjacent to an activating group) is 1. The second kappa shape index (κ2) is 10.6. The molecule has 1 unspecified atom stereocenters. The molecule has 8 nitrogen and oxygen atoms in total. The number of aromatic hydroxyl groups is 1. The first-order valence-electron chi connectivity index (χ1n) is 11.4. The summed E-state index contributed by atoms with van der Waals surface area (Å²) < 4.78 is 10.6. The van der Waals surface area contributed by atoms with Crippen LogP contribution in [0.2, 0.25) is 0 Å². The first-order chi connectivity index (χ1) is 16.3. The van der Waals surface area contributed by atoms with E-state index in [1.165, 1.54) is 23.0 Å². The van der Waals surface area contributed by atoms with Gasteiger partial charge in [0.05, 0.1) is 52.0 Å². The van der Waals surface area contributed by atoms with E-state index in [4.69, 9.17) is 9.47 Å². The predicted octanol–water partition coefficient (Wildman–Crippen LogP) is 2.06. The van der Waals surface area contributed by atoms with Crippen molar-refractivity contribution >= 4 is 17.4 Å². The predicted molar refractivity (Wildman–Crippen MR) is 128 cm³/mol. The van der Waals surface area contributed by atoms with Gasteiger partial charge in [0.15, 0.2) is 11.5 Å². The van der Waals surface area contributed by atoms with Gasteiger partial charge in [-0.1, -0.05) is 6.07 Å². The SMILES string of the molecule is CC[NH+](CC)CCN1C(=O)C(=O)C(=C(O)c2ccc(OC)c(C)c2)C1c1ccc(O)c(OC)c1. The summed E-state index contributed by atoms with van der Waals surface area (Å²) in [6.45, 7) is 8.76. The van der Waals surface area contributed by atoms with Crippen molar-refractivity contribution in [1.82, 2.24) is 4.90 Å². The number of phenolic OH excluding ortho intramolecular Hbond substituents is 1. The summed E-state index contributed by atoms with van der Waals surface area (Å²) >= 11 is 0. The van der Waals surface area contributed by atoms with Gasteiger partial charge in [-0.15, -0.1) is 0 Å². The first-order valence-corrected chi connectivity index (χ1v) is 11.4. The number of rotatable bonds is 9. The van der Waals surface area contributed by atoms with Gasteiger partial charge in [0.2, 0.25) is 0 Å². The number of amides is 1. The molecule has 1 fully saturated rings. The minimum Gasteiger partial charge on any atom is -0.507 e. The highest BCUT2D eigenvalue weighted by Crippen LogP contribution is 2.41. The van der Waals surface area contributed by atoms with Crippen LogP contribution >= 0.6 is 0 Å². The Balaban J connectivity index is 2.16. The van der Waals surface area contributed by atoms with Crippen molar-refractivity contribution in [2.75, 3.05) is 40.4 Å². The number of benzene rings is 2. The summed E-state index contributed by atoms with van der Waals surface area (Å²) in [7, 11) is 2.99. The van der Waals surface area contributed by atoms with Crippen LogP contribution in [0, 0.1) is 6.92 Å². The number of aryl methyl sites for hydroxylation is 1. The second-order valence-corrected chi connectivity index (χ2v) is 8.32. The number of hydrogen-bond donors (Lipinski definition) is 3. The maximum Gasteiger partial charge on any atom is 0.295 e. The van der Waals surface area contributed by atoms with Crippen molar-refractivity contribution in [1.29, 1.82) is 0 Å². The summed E-state index contributed by atoms with van der Waals surface area (Å²) in [5, 5.41) is 21.3. The molecular formula is C26H33N2O6+. The minimum atomic E-state index is -0.813. The number of ether oxygens (including phenoxy) is 2. The Kier molecular flexibility index (Phi) is 7.83. The summed E-state index contributed by atoms with van der Waals surface area (Å²) in [5.41, 5.74) is 1.78. The molecule has 1 amide bonds. The van der Waals surface area contributed by atoms with Gasteiger partial charge in [0, 0.05) is 5.56 Å². The van der Waals surface area contributed by atoms with Gasteiger partial charge in [-0.2, -0.15) is 0 Å². The number of likely N-dealkylation sites (tertiary alicyclic amines) is 1. The molecule has 34 heavy (non-hydrogen) atoms. The van der Waals surface area contributed by atoms with E-state index in [1.54, 1.807) is 37.4 Å². The monoisotopic (exact) mass is 469 g/mol. The lowest BCUT2D eigenvalue weighted by atomic mass is 9.94. The molecule has 0 aromatic heterocycles. The Morgan fingerprint density at radius 2 is 1.71 bits per heavy atom. The van der Waals surface area contributed by atoms with E-state index in [2.05, 4.69) is 13.8 Å². The minimum absolute atomic E-state index is 0.0110. The van der Waals surface area contributed by atoms with Crippen LogP contribution in [0.15, 0.2) is 42.0 Å². The quantitative estimate of drug-likeness (QED) is 0.295. The van der Waals surface area contributed by atoms with Crippen LogP contribution in [0.3, 0.4) is 0 Å². The highest BCUT2D eigenvalue weighted by atomic mass is 16.5. The number of ketones is 1. The molecule has 0 saturated carbocycles. The average molecular weight is 470 g/mol. The number of nitrogens with one attached hydrogen (secondary N) is 1. The molecule has 2 aromatic rings. The van der Waals surface area contributed by atoms with Crippen molar-refractivity contribution in [3.05, 3.63) is 58.7 Å². The third kappa shape index (κ3) is 4.72. The summed E-state index contributed by atoms with van der Waals surface area (Å²) in [6, 6.07) is 8.96. The van der Waals surface area contributed by atoms with Crippen LogP contribution in [-0.4, -0.2) is 67.2 Å². The van der Waals surface area contributed by atoms with E-state index in [0.717, 1.165) is 18.7 Å². The molecule has 3 rings (SSSR count). The Bertz CT molecular complexity index is 1110. The highest BCUT2D eigenvalue weighted by Gasteiger charge is 2.46. The lowest BCUT2D eigenvalue weighted by Crippen LogP contribution is -3.12. The molecule has 0 radical (unpaired) electrons. The zero-order valence-electron chi connectivity index (χ0n) is 20.3. The maximum atomic E-state index is 13.2. The molecule has 0 aliphatic carbocycles. The molecule has 8 heteroatoms. The lowest BCUT2D eigenvalue weighted by molar-refractivity contribution is -0.895. The van der Waals surface area contributed by atoms with Crippen LogP contribution in [0.25, 0.3) is 5.76 Å². The number of methoxy groups -OCH3 is 2. The highest BCUT2D eigenvalue weighted by molar-refractivity contribution is 6.46. The lowest BCUT2D eigenvalue weighted by Gasteiger charge is -2.27. The molecular weight excluding hydrogens is 436 g/mol. The molecule has 182 valence electrons. The van der Waals surface area contributed by atoms with E-state index in [9.17, 15) is 19.8 Å². The molecule has 1 heterocycles. The molecule has 1 atom stereocenters. The van der Waals surface area contributed by atoms with E-state index in [1.807, 2.05) is 6.92 Å². The number of hydrogen-bond acceptors (Lipinski definition) is 6. The Labute approximate surface area is 200 Å². The van der Waals surface area contributed by atoms with E-state index in [-0.39, 0.29) is 22.8 Å². The van der Waals surface area contributed by atoms with E-state index < -0.39 is 17.7 Å². The zero-order valence-corrected chi connectivity index (χ0v) is 20.3. The van der Waals surface area contributed by atoms with Crippen LogP contribution in [0.5, 0.6) is 17.2 Å². The Morgan fingerprint density at radius 1 is 1.03 bits per heavy atom. The van der Waals surface area contributed by atoms with Gasteiger partial charge in [0.1, 0.15) is 11.5 Å². The number of aliphatic hydroxyl groups is 1. The van der Waals surface area contributed by atoms with Gasteiger partial charge in [0.25, 0.3) is 11.7 Å². The zero-order chi connectivity index (χ0) is 25.0. The first kappa shape index (κ1) is 25.1. The fourth-order valence-corrected chi connectivity index (χ4v) is 4.38. The molecule has 1 aliphatic rings. The fourth-order valence-electron chi connectivity index (χ4n) is 4.38. The van der Waals surface area contributed by atoms with Crippen LogP contribution in [-0.2, 0) is 9.59 Å². The van der Waals surface area contributed by atoms with Crippen molar-refractivity contribution < 1.29 is 34.2 Å². The van der Waals surface area contributed by atoms with Gasteiger partial charge in [-0.05, 0) is 62.2 Å². The third-order valence-corrected chi connectivity index (χ3v) is 6.43. The van der Waals surface area contributed by atoms with Crippen LogP contribution in [0.4, 0.5) is 0 Å². The topological polar surface area (TPSA) is 101 Å². The van der Waals surface area contributed by atoms with Crippen molar-refractivity contribution in [2.24, 2.45) is 0 Å². The summed E-state index contributed by atoms with van der Waals surface area (Å²) in [4.78, 5) is 29.1. The van der Waals surface area contributed by atoms with Gasteiger partial charge in [-0.25, -0.2) is 0 Å². The van der Waals surface area contributed by atoms with Crippen molar-refractivity contribution in [3.63, 3.8) is 0 Å². The number of phenols is 1. The molecule has 2 aromatic carbocycles. The fraction of sp³-hybridized carbons (Fsp3) is 0.385. The third-order valence-electron chi connectivity index (χ3n) is 6.43. The van der Waals surface area contributed by atoms with Gasteiger partial charge in [-0.3, -0.25) is 9.59 Å². The number of aliphatic hydroxyl groups excluding tert-OH is 1. The standard InChI is InChI=1S/C26H32N2O6/c1-6-27(7-2)12-13-28-23(17-8-10-19(29)21(15-17)34-5)22(25(31)26(28)32)24(30)18-9-11-20(33-4)16(3)14-18/h8-11,14-15,23,29-30H,6-7,12-13H2,1-5H3/p+1. The van der Waals surface area contributed by atoms with E-state index >= 15 is 0 Å². The molecule has 0 spiro atoms. The molecule has 1 saturated heterocycles. The average Bonchev–Trinajstić information content (AvgIpc) is 3.09.